The van der Waals surface area contributed by atoms with Crippen LogP contribution in [-0.2, 0) is 4.79 Å². The molecule has 0 aliphatic carbocycles. The number of rotatable bonds is 5. The predicted molar refractivity (Wildman–Crippen MR) is 57.2 cm³/mol. The number of carbonyl (C=O) groups is 1. The summed E-state index contributed by atoms with van der Waals surface area (Å²) in [4.78, 5) is 15.3. The van der Waals surface area contributed by atoms with E-state index >= 15 is 0 Å². The first-order chi connectivity index (χ1) is 6.69. The highest BCUT2D eigenvalue weighted by atomic mass is 16.2. The van der Waals surface area contributed by atoms with Crippen LogP contribution in [0.25, 0.3) is 0 Å². The number of amides is 1. The SMILES string of the molecule is CCN(CCNC)C1CN(C(C)=O)C1. The van der Waals surface area contributed by atoms with E-state index in [0.717, 1.165) is 32.7 Å². The van der Waals surface area contributed by atoms with Gasteiger partial charge < -0.3 is 10.2 Å². The summed E-state index contributed by atoms with van der Waals surface area (Å²) < 4.78 is 0. The normalized spacial score (nSPS) is 17.3. The smallest absolute Gasteiger partial charge is 0.219 e. The molecule has 0 saturated carbocycles. The van der Waals surface area contributed by atoms with E-state index in [0.29, 0.717) is 6.04 Å². The zero-order valence-electron chi connectivity index (χ0n) is 9.42. The van der Waals surface area contributed by atoms with Gasteiger partial charge in [0.15, 0.2) is 0 Å². The lowest BCUT2D eigenvalue weighted by Gasteiger charge is -2.44. The van der Waals surface area contributed by atoms with Gasteiger partial charge >= 0.3 is 0 Å². The fraction of sp³-hybridized carbons (Fsp3) is 0.900. The van der Waals surface area contributed by atoms with Crippen LogP contribution in [0.2, 0.25) is 0 Å². The van der Waals surface area contributed by atoms with Crippen LogP contribution >= 0.6 is 0 Å². The Bertz CT molecular complexity index is 190. The van der Waals surface area contributed by atoms with Crippen LogP contribution in [0.15, 0.2) is 0 Å². The van der Waals surface area contributed by atoms with Crippen molar-refractivity contribution in [3.8, 4) is 0 Å². The maximum Gasteiger partial charge on any atom is 0.219 e. The molecule has 1 N–H and O–H groups in total. The highest BCUT2D eigenvalue weighted by Gasteiger charge is 2.31. The van der Waals surface area contributed by atoms with Crippen molar-refractivity contribution in [1.82, 2.24) is 15.1 Å². The van der Waals surface area contributed by atoms with E-state index in [9.17, 15) is 4.79 Å². The summed E-state index contributed by atoms with van der Waals surface area (Å²) in [7, 11) is 1.97. The molecule has 0 unspecified atom stereocenters. The van der Waals surface area contributed by atoms with Crippen molar-refractivity contribution in [2.24, 2.45) is 0 Å². The summed E-state index contributed by atoms with van der Waals surface area (Å²) in [6, 6.07) is 0.581. The van der Waals surface area contributed by atoms with Crippen molar-refractivity contribution >= 4 is 5.91 Å². The molecule has 0 atom stereocenters. The zero-order valence-corrected chi connectivity index (χ0v) is 9.42. The molecule has 14 heavy (non-hydrogen) atoms. The Balaban J connectivity index is 2.24. The van der Waals surface area contributed by atoms with Crippen molar-refractivity contribution in [3.63, 3.8) is 0 Å². The van der Waals surface area contributed by atoms with Crippen LogP contribution in [0.4, 0.5) is 0 Å². The topological polar surface area (TPSA) is 35.6 Å². The van der Waals surface area contributed by atoms with Gasteiger partial charge in [-0.05, 0) is 13.6 Å². The second-order valence-corrected chi connectivity index (χ2v) is 3.81. The van der Waals surface area contributed by atoms with Crippen molar-refractivity contribution < 1.29 is 4.79 Å². The Hall–Kier alpha value is -0.610. The van der Waals surface area contributed by atoms with Crippen LogP contribution in [0, 0.1) is 0 Å². The first kappa shape index (κ1) is 11.5. The quantitative estimate of drug-likeness (QED) is 0.664. The van der Waals surface area contributed by atoms with Crippen LogP contribution in [-0.4, -0.2) is 61.5 Å². The largest absolute Gasteiger partial charge is 0.340 e. The fourth-order valence-corrected chi connectivity index (χ4v) is 1.80. The van der Waals surface area contributed by atoms with Crippen LogP contribution in [0.3, 0.4) is 0 Å². The Kier molecular flexibility index (Phi) is 4.35. The highest BCUT2D eigenvalue weighted by Crippen LogP contribution is 2.14. The molecule has 1 aliphatic heterocycles. The van der Waals surface area contributed by atoms with Crippen molar-refractivity contribution in [1.29, 1.82) is 0 Å². The molecule has 4 heteroatoms. The van der Waals surface area contributed by atoms with Gasteiger partial charge in [0.25, 0.3) is 0 Å². The summed E-state index contributed by atoms with van der Waals surface area (Å²) in [6.45, 7) is 8.79. The summed E-state index contributed by atoms with van der Waals surface area (Å²) in [5.41, 5.74) is 0. The second-order valence-electron chi connectivity index (χ2n) is 3.81. The van der Waals surface area contributed by atoms with E-state index in [-0.39, 0.29) is 5.91 Å². The Labute approximate surface area is 86.2 Å². The molecule has 0 aromatic carbocycles. The zero-order chi connectivity index (χ0) is 10.6. The van der Waals surface area contributed by atoms with E-state index in [4.69, 9.17) is 0 Å². The summed E-state index contributed by atoms with van der Waals surface area (Å²) in [5, 5.41) is 3.15. The third-order valence-electron chi connectivity index (χ3n) is 2.88. The molecule has 4 nitrogen and oxygen atoms in total. The standard InChI is InChI=1S/C10H21N3O/c1-4-12(6-5-11-3)10-7-13(8-10)9(2)14/h10-11H,4-8H2,1-3H3. The second kappa shape index (κ2) is 5.32. The number of carbonyl (C=O) groups excluding carboxylic acids is 1. The van der Waals surface area contributed by atoms with Crippen molar-refractivity contribution in [2.75, 3.05) is 39.8 Å². The lowest BCUT2D eigenvalue weighted by Crippen LogP contribution is -2.61. The first-order valence-corrected chi connectivity index (χ1v) is 5.33. The van der Waals surface area contributed by atoms with Gasteiger partial charge in [0, 0.05) is 39.1 Å². The van der Waals surface area contributed by atoms with E-state index in [1.54, 1.807) is 6.92 Å². The third-order valence-corrected chi connectivity index (χ3v) is 2.88. The molecule has 1 fully saturated rings. The molecular weight excluding hydrogens is 178 g/mol. The Morgan fingerprint density at radius 1 is 1.57 bits per heavy atom. The molecule has 1 rings (SSSR count). The molecule has 1 saturated heterocycles. The van der Waals surface area contributed by atoms with Gasteiger partial charge in [-0.1, -0.05) is 6.92 Å². The monoisotopic (exact) mass is 199 g/mol. The van der Waals surface area contributed by atoms with Gasteiger partial charge in [0.2, 0.25) is 5.91 Å². The van der Waals surface area contributed by atoms with E-state index < -0.39 is 0 Å². The first-order valence-electron chi connectivity index (χ1n) is 5.33. The minimum Gasteiger partial charge on any atom is -0.340 e. The number of hydrogen-bond acceptors (Lipinski definition) is 3. The van der Waals surface area contributed by atoms with E-state index in [2.05, 4.69) is 17.1 Å². The van der Waals surface area contributed by atoms with Gasteiger partial charge in [-0.25, -0.2) is 0 Å². The fourth-order valence-electron chi connectivity index (χ4n) is 1.80. The molecule has 0 bridgehead atoms. The van der Waals surface area contributed by atoms with Gasteiger partial charge in [-0.2, -0.15) is 0 Å². The molecule has 0 aromatic rings. The molecule has 1 amide bonds. The predicted octanol–water partition coefficient (Wildman–Crippen LogP) is -0.242. The molecule has 1 heterocycles. The number of nitrogens with zero attached hydrogens (tertiary/aromatic N) is 2. The average Bonchev–Trinajstić information content (AvgIpc) is 2.07. The maximum absolute atomic E-state index is 11.0. The number of nitrogens with one attached hydrogen (secondary N) is 1. The minimum absolute atomic E-state index is 0.200. The van der Waals surface area contributed by atoms with Gasteiger partial charge in [0.05, 0.1) is 0 Å². The van der Waals surface area contributed by atoms with Crippen molar-refractivity contribution in [2.45, 2.75) is 19.9 Å². The number of hydrogen-bond donors (Lipinski definition) is 1. The van der Waals surface area contributed by atoms with Crippen LogP contribution in [0.1, 0.15) is 13.8 Å². The number of likely N-dealkylation sites (N-methyl/N-ethyl adjacent to an activating group) is 2. The van der Waals surface area contributed by atoms with E-state index in [1.807, 2.05) is 11.9 Å². The molecule has 82 valence electrons. The highest BCUT2D eigenvalue weighted by molar-refractivity contribution is 5.74. The van der Waals surface area contributed by atoms with Gasteiger partial charge in [0.1, 0.15) is 0 Å². The lowest BCUT2D eigenvalue weighted by molar-refractivity contribution is -0.136. The summed E-state index contributed by atoms with van der Waals surface area (Å²) in [5.74, 6) is 0.200. The number of likely N-dealkylation sites (tertiary alicyclic amines) is 1. The Morgan fingerprint density at radius 3 is 2.64 bits per heavy atom. The van der Waals surface area contributed by atoms with Gasteiger partial charge in [-0.3, -0.25) is 9.69 Å². The van der Waals surface area contributed by atoms with Gasteiger partial charge in [-0.15, -0.1) is 0 Å². The Morgan fingerprint density at radius 2 is 2.21 bits per heavy atom. The maximum atomic E-state index is 11.0. The van der Waals surface area contributed by atoms with Crippen LogP contribution in [0.5, 0.6) is 0 Å². The van der Waals surface area contributed by atoms with E-state index in [1.165, 1.54) is 0 Å². The summed E-state index contributed by atoms with van der Waals surface area (Å²) in [6.07, 6.45) is 0. The van der Waals surface area contributed by atoms with Crippen LogP contribution < -0.4 is 5.32 Å². The molecule has 0 spiro atoms. The molecule has 1 aliphatic rings. The molecule has 0 aromatic heterocycles. The average molecular weight is 199 g/mol. The molecule has 0 radical (unpaired) electrons. The minimum atomic E-state index is 0.200. The van der Waals surface area contributed by atoms with Crippen molar-refractivity contribution in [3.05, 3.63) is 0 Å². The third kappa shape index (κ3) is 2.69. The molecular formula is C10H21N3O. The lowest BCUT2D eigenvalue weighted by atomic mass is 10.1. The summed E-state index contributed by atoms with van der Waals surface area (Å²) >= 11 is 0.